The van der Waals surface area contributed by atoms with Crippen LogP contribution < -0.4 is 10.3 Å². The maximum absolute atomic E-state index is 12.1. The molecule has 0 saturated heterocycles. The highest BCUT2D eigenvalue weighted by Crippen LogP contribution is 2.26. The average molecular weight is 217 g/mol. The summed E-state index contributed by atoms with van der Waals surface area (Å²) >= 11 is 0. The molecule has 0 bridgehead atoms. The number of rotatable bonds is 2. The number of pyridine rings is 1. The van der Waals surface area contributed by atoms with Gasteiger partial charge in [0.15, 0.2) is 0 Å². The third kappa shape index (κ3) is 1.40. The Labute approximate surface area is 94.3 Å². The van der Waals surface area contributed by atoms with Crippen LogP contribution in [0.15, 0.2) is 29.1 Å². The van der Waals surface area contributed by atoms with Gasteiger partial charge in [-0.1, -0.05) is 19.1 Å². The fourth-order valence-electron chi connectivity index (χ4n) is 2.07. The molecule has 1 heterocycles. The fraction of sp³-hybridized carbons (Fsp3) is 0.308. The molecular formula is C13H15NO2. The van der Waals surface area contributed by atoms with Crippen LogP contribution in [0, 0.1) is 0 Å². The standard InChI is InChI=1S/C13H15NO2/c1-4-9-12(16-3)10-7-5-6-8-11(10)14(2)13(9)15/h5-8H,4H2,1-3H3. The summed E-state index contributed by atoms with van der Waals surface area (Å²) in [4.78, 5) is 12.1. The normalized spacial score (nSPS) is 10.7. The van der Waals surface area contributed by atoms with Crippen molar-refractivity contribution in [3.05, 3.63) is 40.2 Å². The molecular weight excluding hydrogens is 202 g/mol. The molecule has 84 valence electrons. The van der Waals surface area contributed by atoms with Crippen LogP contribution in [-0.4, -0.2) is 11.7 Å². The van der Waals surface area contributed by atoms with Crippen molar-refractivity contribution < 1.29 is 4.74 Å². The van der Waals surface area contributed by atoms with E-state index in [4.69, 9.17) is 4.74 Å². The molecule has 0 saturated carbocycles. The number of ether oxygens (including phenoxy) is 1. The van der Waals surface area contributed by atoms with Gasteiger partial charge in [0.05, 0.1) is 18.2 Å². The zero-order chi connectivity index (χ0) is 11.7. The lowest BCUT2D eigenvalue weighted by molar-refractivity contribution is 0.413. The Morgan fingerprint density at radius 1 is 1.31 bits per heavy atom. The van der Waals surface area contributed by atoms with Gasteiger partial charge in [0.2, 0.25) is 0 Å². The summed E-state index contributed by atoms with van der Waals surface area (Å²) in [6.45, 7) is 1.97. The maximum atomic E-state index is 12.1. The van der Waals surface area contributed by atoms with Crippen molar-refractivity contribution in [3.8, 4) is 5.75 Å². The minimum absolute atomic E-state index is 0.0260. The van der Waals surface area contributed by atoms with Gasteiger partial charge in [0.25, 0.3) is 5.56 Å². The van der Waals surface area contributed by atoms with Gasteiger partial charge < -0.3 is 9.30 Å². The number of aryl methyl sites for hydroxylation is 1. The summed E-state index contributed by atoms with van der Waals surface area (Å²) in [5, 5.41) is 0.990. The summed E-state index contributed by atoms with van der Waals surface area (Å²) in [5.41, 5.74) is 1.67. The van der Waals surface area contributed by atoms with Gasteiger partial charge >= 0.3 is 0 Å². The predicted molar refractivity (Wildman–Crippen MR) is 65.1 cm³/mol. The van der Waals surface area contributed by atoms with E-state index in [1.54, 1.807) is 18.7 Å². The highest BCUT2D eigenvalue weighted by atomic mass is 16.5. The van der Waals surface area contributed by atoms with Crippen molar-refractivity contribution in [1.29, 1.82) is 0 Å². The number of para-hydroxylation sites is 1. The number of hydrogen-bond donors (Lipinski definition) is 0. The Morgan fingerprint density at radius 2 is 2.00 bits per heavy atom. The highest BCUT2D eigenvalue weighted by molar-refractivity contribution is 5.86. The smallest absolute Gasteiger partial charge is 0.257 e. The van der Waals surface area contributed by atoms with Gasteiger partial charge in [-0.2, -0.15) is 0 Å². The third-order valence-electron chi connectivity index (χ3n) is 2.90. The monoisotopic (exact) mass is 217 g/mol. The highest BCUT2D eigenvalue weighted by Gasteiger charge is 2.13. The summed E-state index contributed by atoms with van der Waals surface area (Å²) in [5.74, 6) is 0.709. The first-order chi connectivity index (χ1) is 7.70. The molecule has 0 amide bonds. The molecule has 1 aromatic carbocycles. The molecule has 0 N–H and O–H groups in total. The minimum atomic E-state index is 0.0260. The van der Waals surface area contributed by atoms with Gasteiger partial charge in [-0.15, -0.1) is 0 Å². The first kappa shape index (κ1) is 10.7. The lowest BCUT2D eigenvalue weighted by Crippen LogP contribution is -2.22. The van der Waals surface area contributed by atoms with E-state index in [2.05, 4.69) is 0 Å². The summed E-state index contributed by atoms with van der Waals surface area (Å²) in [6, 6.07) is 7.78. The Kier molecular flexibility index (Phi) is 2.69. The maximum Gasteiger partial charge on any atom is 0.257 e. The second-order valence-electron chi connectivity index (χ2n) is 3.75. The SMILES string of the molecule is CCc1c(OC)c2ccccc2n(C)c1=O. The van der Waals surface area contributed by atoms with Gasteiger partial charge in [-0.25, -0.2) is 0 Å². The number of methoxy groups -OCH3 is 1. The van der Waals surface area contributed by atoms with Crippen LogP contribution in [0.4, 0.5) is 0 Å². The van der Waals surface area contributed by atoms with E-state index in [1.165, 1.54) is 0 Å². The second-order valence-corrected chi connectivity index (χ2v) is 3.75. The first-order valence-corrected chi connectivity index (χ1v) is 5.35. The number of fused-ring (bicyclic) bond motifs is 1. The number of aromatic nitrogens is 1. The van der Waals surface area contributed by atoms with Crippen LogP contribution in [-0.2, 0) is 13.5 Å². The van der Waals surface area contributed by atoms with E-state index >= 15 is 0 Å². The van der Waals surface area contributed by atoms with Gasteiger partial charge in [0.1, 0.15) is 5.75 Å². The molecule has 2 aromatic rings. The molecule has 0 fully saturated rings. The van der Waals surface area contributed by atoms with Crippen molar-refractivity contribution in [1.82, 2.24) is 4.57 Å². The fourth-order valence-corrected chi connectivity index (χ4v) is 2.07. The van der Waals surface area contributed by atoms with Crippen LogP contribution in [0.1, 0.15) is 12.5 Å². The molecule has 16 heavy (non-hydrogen) atoms. The molecule has 0 spiro atoms. The van der Waals surface area contributed by atoms with Crippen LogP contribution in [0.2, 0.25) is 0 Å². The van der Waals surface area contributed by atoms with Crippen molar-refractivity contribution in [3.63, 3.8) is 0 Å². The summed E-state index contributed by atoms with van der Waals surface area (Å²) < 4.78 is 7.05. The van der Waals surface area contributed by atoms with E-state index < -0.39 is 0 Å². The predicted octanol–water partition coefficient (Wildman–Crippen LogP) is 2.11. The van der Waals surface area contributed by atoms with E-state index in [9.17, 15) is 4.79 Å². The zero-order valence-electron chi connectivity index (χ0n) is 9.78. The molecule has 0 aliphatic rings. The van der Waals surface area contributed by atoms with E-state index in [-0.39, 0.29) is 5.56 Å². The molecule has 3 heteroatoms. The summed E-state index contributed by atoms with van der Waals surface area (Å²) in [6.07, 6.45) is 0.681. The van der Waals surface area contributed by atoms with Crippen molar-refractivity contribution in [2.24, 2.45) is 7.05 Å². The van der Waals surface area contributed by atoms with Crippen molar-refractivity contribution in [2.75, 3.05) is 7.11 Å². The summed E-state index contributed by atoms with van der Waals surface area (Å²) in [7, 11) is 3.41. The van der Waals surface area contributed by atoms with Crippen LogP contribution in [0.3, 0.4) is 0 Å². The zero-order valence-corrected chi connectivity index (χ0v) is 9.78. The lowest BCUT2D eigenvalue weighted by Gasteiger charge is -2.13. The van der Waals surface area contributed by atoms with Gasteiger partial charge in [-0.3, -0.25) is 4.79 Å². The van der Waals surface area contributed by atoms with Crippen LogP contribution >= 0.6 is 0 Å². The molecule has 1 aromatic heterocycles. The number of hydrogen-bond acceptors (Lipinski definition) is 2. The first-order valence-electron chi connectivity index (χ1n) is 5.35. The van der Waals surface area contributed by atoms with E-state index in [0.717, 1.165) is 16.5 Å². The molecule has 0 aliphatic heterocycles. The van der Waals surface area contributed by atoms with Crippen molar-refractivity contribution in [2.45, 2.75) is 13.3 Å². The second kappa shape index (κ2) is 4.00. The Hall–Kier alpha value is -1.77. The molecule has 0 radical (unpaired) electrons. The molecule has 2 rings (SSSR count). The van der Waals surface area contributed by atoms with Crippen LogP contribution in [0.25, 0.3) is 10.9 Å². The molecule has 3 nitrogen and oxygen atoms in total. The third-order valence-corrected chi connectivity index (χ3v) is 2.90. The number of nitrogens with zero attached hydrogens (tertiary/aromatic N) is 1. The topological polar surface area (TPSA) is 31.2 Å². The van der Waals surface area contributed by atoms with Crippen molar-refractivity contribution >= 4 is 10.9 Å². The largest absolute Gasteiger partial charge is 0.496 e. The molecule has 0 unspecified atom stereocenters. The number of benzene rings is 1. The Balaban J connectivity index is 3.01. The average Bonchev–Trinajstić information content (AvgIpc) is 2.33. The van der Waals surface area contributed by atoms with E-state index in [1.807, 2.05) is 31.2 Å². The van der Waals surface area contributed by atoms with Gasteiger partial charge in [-0.05, 0) is 18.6 Å². The van der Waals surface area contributed by atoms with Crippen LogP contribution in [0.5, 0.6) is 5.75 Å². The molecule has 0 atom stereocenters. The Bertz CT molecular complexity index is 584. The van der Waals surface area contributed by atoms with E-state index in [0.29, 0.717) is 12.2 Å². The molecule has 0 aliphatic carbocycles. The quantitative estimate of drug-likeness (QED) is 0.771. The Morgan fingerprint density at radius 3 is 2.62 bits per heavy atom. The minimum Gasteiger partial charge on any atom is -0.496 e. The van der Waals surface area contributed by atoms with Gasteiger partial charge in [0, 0.05) is 12.4 Å². The lowest BCUT2D eigenvalue weighted by atomic mass is 10.1.